The molecule has 3 atom stereocenters. The Morgan fingerprint density at radius 1 is 1.15 bits per heavy atom. The van der Waals surface area contributed by atoms with Crippen molar-refractivity contribution in [3.63, 3.8) is 0 Å². The maximum Gasteiger partial charge on any atom is 0.413 e. The molecule has 176 valence electrons. The summed E-state index contributed by atoms with van der Waals surface area (Å²) in [6.07, 6.45) is 0.0395. The Hall–Kier alpha value is -3.53. The summed E-state index contributed by atoms with van der Waals surface area (Å²) in [6.45, 7) is 5.33. The molecular formula is C23H28FN5O4. The predicted molar refractivity (Wildman–Crippen MR) is 121 cm³/mol. The van der Waals surface area contributed by atoms with Gasteiger partial charge in [-0.25, -0.2) is 14.2 Å². The van der Waals surface area contributed by atoms with E-state index >= 15 is 0 Å². The average Bonchev–Trinajstić information content (AvgIpc) is 3.15. The van der Waals surface area contributed by atoms with Crippen LogP contribution in [0, 0.1) is 11.7 Å². The van der Waals surface area contributed by atoms with E-state index in [1.54, 1.807) is 32.3 Å². The van der Waals surface area contributed by atoms with Gasteiger partial charge in [-0.3, -0.25) is 19.8 Å². The highest BCUT2D eigenvalue weighted by Crippen LogP contribution is 2.32. The minimum Gasteiger partial charge on any atom is -0.424 e. The van der Waals surface area contributed by atoms with Crippen LogP contribution in [0.25, 0.3) is 0 Å². The monoisotopic (exact) mass is 457 g/mol. The second-order valence-corrected chi connectivity index (χ2v) is 8.13. The zero-order valence-electron chi connectivity index (χ0n) is 19.0. The largest absolute Gasteiger partial charge is 0.424 e. The quantitative estimate of drug-likeness (QED) is 0.589. The third kappa shape index (κ3) is 5.64. The first-order valence-electron chi connectivity index (χ1n) is 10.7. The molecule has 0 unspecified atom stereocenters. The van der Waals surface area contributed by atoms with Crippen molar-refractivity contribution in [3.8, 4) is 0 Å². The Kier molecular flexibility index (Phi) is 7.59. The first-order valence-corrected chi connectivity index (χ1v) is 10.7. The van der Waals surface area contributed by atoms with Crippen LogP contribution in [0.2, 0.25) is 0 Å². The number of carbonyl (C=O) groups is 3. The summed E-state index contributed by atoms with van der Waals surface area (Å²) in [5.41, 5.74) is 1.09. The number of aromatic nitrogens is 1. The molecule has 1 aliphatic heterocycles. The Morgan fingerprint density at radius 2 is 1.85 bits per heavy atom. The van der Waals surface area contributed by atoms with Crippen molar-refractivity contribution in [1.29, 1.82) is 0 Å². The molecule has 1 aromatic carbocycles. The van der Waals surface area contributed by atoms with Crippen LogP contribution in [0.5, 0.6) is 0 Å². The number of hydrogen-bond donors (Lipinski definition) is 3. The van der Waals surface area contributed by atoms with E-state index in [0.29, 0.717) is 11.5 Å². The van der Waals surface area contributed by atoms with Crippen LogP contribution >= 0.6 is 0 Å². The number of halogens is 1. The van der Waals surface area contributed by atoms with Gasteiger partial charge < -0.3 is 15.4 Å². The van der Waals surface area contributed by atoms with Crippen LogP contribution in [-0.2, 0) is 20.7 Å². The summed E-state index contributed by atoms with van der Waals surface area (Å²) < 4.78 is 18.7. The molecule has 0 bridgehead atoms. The second-order valence-electron chi connectivity index (χ2n) is 8.13. The lowest BCUT2D eigenvalue weighted by molar-refractivity contribution is -0.130. The van der Waals surface area contributed by atoms with Gasteiger partial charge in [-0.15, -0.1) is 0 Å². The van der Waals surface area contributed by atoms with Gasteiger partial charge in [0, 0.05) is 23.9 Å². The van der Waals surface area contributed by atoms with Crippen molar-refractivity contribution in [3.05, 3.63) is 54.0 Å². The lowest BCUT2D eigenvalue weighted by Gasteiger charge is -2.31. The van der Waals surface area contributed by atoms with Gasteiger partial charge in [0.15, 0.2) is 6.23 Å². The van der Waals surface area contributed by atoms with E-state index in [0.717, 1.165) is 5.56 Å². The summed E-state index contributed by atoms with van der Waals surface area (Å²) in [6, 6.07) is 7.42. The number of amides is 3. The van der Waals surface area contributed by atoms with Gasteiger partial charge in [-0.1, -0.05) is 19.9 Å². The molecule has 2 aromatic rings. The van der Waals surface area contributed by atoms with Crippen molar-refractivity contribution in [1.82, 2.24) is 15.6 Å². The fraction of sp³-hybridized carbons (Fsp3) is 0.391. The average molecular weight is 458 g/mol. The molecule has 9 nitrogen and oxygen atoms in total. The molecule has 0 aliphatic carbocycles. The molecule has 0 fully saturated rings. The highest BCUT2D eigenvalue weighted by molar-refractivity contribution is 6.01. The van der Waals surface area contributed by atoms with Gasteiger partial charge in [-0.05, 0) is 50.2 Å². The van der Waals surface area contributed by atoms with Crippen LogP contribution in [-0.4, -0.2) is 48.3 Å². The number of nitrogens with one attached hydrogen (secondary N) is 3. The molecule has 0 saturated carbocycles. The third-order valence-electron chi connectivity index (χ3n) is 5.41. The molecule has 2 heterocycles. The Bertz CT molecular complexity index is 1010. The van der Waals surface area contributed by atoms with E-state index in [1.165, 1.54) is 29.2 Å². The predicted octanol–water partition coefficient (Wildman–Crippen LogP) is 2.43. The van der Waals surface area contributed by atoms with Gasteiger partial charge in [0.1, 0.15) is 17.7 Å². The molecule has 3 N–H and O–H groups in total. The lowest BCUT2D eigenvalue weighted by Crippen LogP contribution is -2.56. The van der Waals surface area contributed by atoms with E-state index in [-0.39, 0.29) is 18.2 Å². The summed E-state index contributed by atoms with van der Waals surface area (Å²) in [5, 5.41) is 8.15. The second kappa shape index (κ2) is 10.4. The fourth-order valence-electron chi connectivity index (χ4n) is 3.44. The smallest absolute Gasteiger partial charge is 0.413 e. The first-order chi connectivity index (χ1) is 15.7. The summed E-state index contributed by atoms with van der Waals surface area (Å²) in [4.78, 5) is 44.2. The van der Waals surface area contributed by atoms with E-state index in [4.69, 9.17) is 4.74 Å². The summed E-state index contributed by atoms with van der Waals surface area (Å²) in [7, 11) is 1.65. The number of ether oxygens (including phenoxy) is 1. The standard InChI is InChI=1S/C23H28FN5O4/c1-13(2)19(28-21(30)14(3)25-4)22(31)29-18(12-15-6-5-11-26-20(15)29)33-23(32)27-17-9-7-16(24)8-10-17/h5-11,13-14,18-19,25H,12H2,1-4H3,(H,27,32)(H,28,30)/t14-,18-,19-/m0/s1. The van der Waals surface area contributed by atoms with Crippen molar-refractivity contribution < 1.29 is 23.5 Å². The summed E-state index contributed by atoms with van der Waals surface area (Å²) >= 11 is 0. The SMILES string of the molecule is CN[C@@H](C)C(=O)N[C@H](C(=O)N1c2ncccc2C[C@@H]1OC(=O)Nc1ccc(F)cc1)C(C)C. The molecule has 3 amide bonds. The van der Waals surface area contributed by atoms with E-state index < -0.39 is 36.1 Å². The van der Waals surface area contributed by atoms with Crippen molar-refractivity contribution >= 4 is 29.4 Å². The minimum absolute atomic E-state index is 0.230. The van der Waals surface area contributed by atoms with Gasteiger partial charge in [0.2, 0.25) is 5.91 Å². The number of fused-ring (bicyclic) bond motifs is 1. The Morgan fingerprint density at radius 3 is 2.48 bits per heavy atom. The Labute approximate surface area is 191 Å². The maximum atomic E-state index is 13.6. The lowest BCUT2D eigenvalue weighted by atomic mass is 10.0. The van der Waals surface area contributed by atoms with Crippen molar-refractivity contribution in [2.24, 2.45) is 5.92 Å². The molecule has 0 saturated heterocycles. The molecule has 1 aliphatic rings. The highest BCUT2D eigenvalue weighted by Gasteiger charge is 2.41. The zero-order valence-corrected chi connectivity index (χ0v) is 19.0. The molecular weight excluding hydrogens is 429 g/mol. The molecule has 33 heavy (non-hydrogen) atoms. The zero-order chi connectivity index (χ0) is 24.1. The number of carbonyl (C=O) groups excluding carboxylic acids is 3. The number of rotatable bonds is 7. The van der Waals surface area contributed by atoms with Crippen LogP contribution in [0.1, 0.15) is 26.3 Å². The first kappa shape index (κ1) is 24.1. The molecule has 3 rings (SSSR count). The van der Waals surface area contributed by atoms with Gasteiger partial charge >= 0.3 is 6.09 Å². The number of nitrogens with zero attached hydrogens (tertiary/aromatic N) is 2. The van der Waals surface area contributed by atoms with E-state index in [2.05, 4.69) is 20.9 Å². The third-order valence-corrected chi connectivity index (χ3v) is 5.41. The van der Waals surface area contributed by atoms with Crippen molar-refractivity contribution in [2.45, 2.75) is 45.5 Å². The summed E-state index contributed by atoms with van der Waals surface area (Å²) in [5.74, 6) is -1.04. The van der Waals surface area contributed by atoms with Gasteiger partial charge in [0.05, 0.1) is 6.04 Å². The Balaban J connectivity index is 1.82. The minimum atomic E-state index is -0.956. The maximum absolute atomic E-state index is 13.6. The van der Waals surface area contributed by atoms with Gasteiger partial charge in [-0.2, -0.15) is 0 Å². The van der Waals surface area contributed by atoms with E-state index in [9.17, 15) is 18.8 Å². The van der Waals surface area contributed by atoms with Crippen LogP contribution in [0.15, 0.2) is 42.6 Å². The number of likely N-dealkylation sites (N-methyl/N-ethyl adjacent to an activating group) is 1. The highest BCUT2D eigenvalue weighted by atomic mass is 19.1. The molecule has 0 spiro atoms. The molecule has 1 aromatic heterocycles. The van der Waals surface area contributed by atoms with Gasteiger partial charge in [0.25, 0.3) is 5.91 Å². The number of pyridine rings is 1. The number of benzene rings is 1. The van der Waals surface area contributed by atoms with Crippen LogP contribution < -0.4 is 20.9 Å². The van der Waals surface area contributed by atoms with Crippen LogP contribution in [0.3, 0.4) is 0 Å². The van der Waals surface area contributed by atoms with Crippen molar-refractivity contribution in [2.75, 3.05) is 17.3 Å². The number of hydrogen-bond acceptors (Lipinski definition) is 6. The fourth-order valence-corrected chi connectivity index (χ4v) is 3.44. The van der Waals surface area contributed by atoms with Crippen LogP contribution in [0.4, 0.5) is 20.7 Å². The molecule has 10 heteroatoms. The molecule has 0 radical (unpaired) electrons. The normalized spacial score (nSPS) is 16.7. The topological polar surface area (TPSA) is 113 Å². The van der Waals surface area contributed by atoms with E-state index in [1.807, 2.05) is 13.8 Å². The number of anilines is 2.